The van der Waals surface area contributed by atoms with Crippen LogP contribution in [0.1, 0.15) is 24.5 Å². The first kappa shape index (κ1) is 19.0. The van der Waals surface area contributed by atoms with Crippen molar-refractivity contribution in [2.45, 2.75) is 27.2 Å². The van der Waals surface area contributed by atoms with Crippen LogP contribution in [0.2, 0.25) is 0 Å². The average Bonchev–Trinajstić information content (AvgIpc) is 2.40. The van der Waals surface area contributed by atoms with Gasteiger partial charge >= 0.3 is 0 Å². The Morgan fingerprint density at radius 1 is 1.15 bits per heavy atom. The zero-order valence-corrected chi connectivity index (χ0v) is 15.2. The highest BCUT2D eigenvalue weighted by Crippen LogP contribution is 2.21. The summed E-state index contributed by atoms with van der Waals surface area (Å²) in [6.07, 6.45) is 1.08. The maximum absolute atomic E-state index is 5.82. The second kappa shape index (κ2) is 10.8. The van der Waals surface area contributed by atoms with E-state index >= 15 is 0 Å². The Bertz CT molecular complexity index is 401. The molecule has 5 heteroatoms. The van der Waals surface area contributed by atoms with Crippen molar-refractivity contribution in [3.8, 4) is 5.75 Å². The van der Waals surface area contributed by atoms with Crippen molar-refractivity contribution in [3.63, 3.8) is 0 Å². The molecule has 0 unspecified atom stereocenters. The summed E-state index contributed by atoms with van der Waals surface area (Å²) in [7, 11) is 1.78. The standard InChI is InChI=1S/C15H25N3O.HI/c1-5-9-17-15(16-4)18-10-11-19-14-12(2)7-6-8-13(14)3;/h6-8H,5,9-11H2,1-4H3,(H2,16,17,18);1H. The molecule has 0 fully saturated rings. The van der Waals surface area contributed by atoms with E-state index in [2.05, 4.69) is 48.5 Å². The number of para-hydroxylation sites is 1. The molecule has 2 N–H and O–H groups in total. The quantitative estimate of drug-likeness (QED) is 0.339. The molecule has 0 saturated heterocycles. The van der Waals surface area contributed by atoms with Crippen LogP contribution in [0.5, 0.6) is 5.75 Å². The second-order valence-electron chi connectivity index (χ2n) is 4.50. The van der Waals surface area contributed by atoms with Gasteiger partial charge in [0.1, 0.15) is 12.4 Å². The van der Waals surface area contributed by atoms with Gasteiger partial charge in [0.15, 0.2) is 5.96 Å². The Morgan fingerprint density at radius 2 is 1.75 bits per heavy atom. The van der Waals surface area contributed by atoms with E-state index in [9.17, 15) is 0 Å². The van der Waals surface area contributed by atoms with Gasteiger partial charge in [-0.1, -0.05) is 25.1 Å². The van der Waals surface area contributed by atoms with Crippen molar-refractivity contribution in [1.82, 2.24) is 10.6 Å². The lowest BCUT2D eigenvalue weighted by atomic mass is 10.1. The van der Waals surface area contributed by atoms with Gasteiger partial charge in [-0.2, -0.15) is 0 Å². The Kier molecular flexibility index (Phi) is 10.2. The summed E-state index contributed by atoms with van der Waals surface area (Å²) in [5.74, 6) is 1.81. The predicted molar refractivity (Wildman–Crippen MR) is 96.5 cm³/mol. The average molecular weight is 391 g/mol. The maximum atomic E-state index is 5.82. The van der Waals surface area contributed by atoms with Crippen LogP contribution in [-0.2, 0) is 0 Å². The van der Waals surface area contributed by atoms with Crippen molar-refractivity contribution < 1.29 is 4.74 Å². The van der Waals surface area contributed by atoms with E-state index < -0.39 is 0 Å². The SMILES string of the molecule is CCCNC(=NC)NCCOc1c(C)cccc1C.I. The van der Waals surface area contributed by atoms with Crippen molar-refractivity contribution in [2.24, 2.45) is 4.99 Å². The highest BCUT2D eigenvalue weighted by atomic mass is 127. The largest absolute Gasteiger partial charge is 0.491 e. The van der Waals surface area contributed by atoms with Crippen LogP contribution in [0, 0.1) is 13.8 Å². The fourth-order valence-electron chi connectivity index (χ4n) is 1.81. The molecule has 0 bridgehead atoms. The minimum absolute atomic E-state index is 0. The Hall–Kier alpha value is -0.980. The van der Waals surface area contributed by atoms with Crippen molar-refractivity contribution >= 4 is 29.9 Å². The van der Waals surface area contributed by atoms with Gasteiger partial charge in [0.25, 0.3) is 0 Å². The van der Waals surface area contributed by atoms with Gasteiger partial charge in [-0.25, -0.2) is 0 Å². The number of rotatable bonds is 6. The number of hydrogen-bond donors (Lipinski definition) is 2. The molecule has 0 saturated carbocycles. The van der Waals surface area contributed by atoms with Gasteiger partial charge < -0.3 is 15.4 Å². The monoisotopic (exact) mass is 391 g/mol. The third-order valence-corrected chi connectivity index (χ3v) is 2.82. The third-order valence-electron chi connectivity index (χ3n) is 2.82. The summed E-state index contributed by atoms with van der Waals surface area (Å²) in [5, 5.41) is 6.45. The molecule has 0 atom stereocenters. The van der Waals surface area contributed by atoms with Crippen LogP contribution < -0.4 is 15.4 Å². The highest BCUT2D eigenvalue weighted by Gasteiger charge is 2.02. The number of aryl methyl sites for hydroxylation is 2. The Morgan fingerprint density at radius 3 is 2.30 bits per heavy atom. The summed E-state index contributed by atoms with van der Waals surface area (Å²) in [4.78, 5) is 4.14. The number of halogens is 1. The van der Waals surface area contributed by atoms with E-state index in [1.807, 2.05) is 6.07 Å². The number of nitrogens with zero attached hydrogens (tertiary/aromatic N) is 1. The van der Waals surface area contributed by atoms with E-state index in [0.29, 0.717) is 6.61 Å². The summed E-state index contributed by atoms with van der Waals surface area (Å²) in [6, 6.07) is 6.18. The number of aliphatic imine (C=N–C) groups is 1. The number of benzene rings is 1. The first-order valence-corrected chi connectivity index (χ1v) is 6.82. The summed E-state index contributed by atoms with van der Waals surface area (Å²) < 4.78 is 5.82. The first-order chi connectivity index (χ1) is 9.19. The van der Waals surface area contributed by atoms with E-state index in [1.165, 1.54) is 11.1 Å². The lowest BCUT2D eigenvalue weighted by Crippen LogP contribution is -2.39. The van der Waals surface area contributed by atoms with Crippen LogP contribution in [0.3, 0.4) is 0 Å². The smallest absolute Gasteiger partial charge is 0.191 e. The molecule has 1 rings (SSSR count). The van der Waals surface area contributed by atoms with Crippen LogP contribution in [-0.4, -0.2) is 32.7 Å². The van der Waals surface area contributed by atoms with Gasteiger partial charge in [-0.3, -0.25) is 4.99 Å². The topological polar surface area (TPSA) is 45.7 Å². The number of nitrogens with one attached hydrogen (secondary N) is 2. The van der Waals surface area contributed by atoms with Gasteiger partial charge in [0.05, 0.1) is 6.54 Å². The number of guanidine groups is 1. The predicted octanol–water partition coefficient (Wildman–Crippen LogP) is 2.88. The molecule has 0 aliphatic carbocycles. The van der Waals surface area contributed by atoms with Crippen LogP contribution in [0.15, 0.2) is 23.2 Å². The van der Waals surface area contributed by atoms with Gasteiger partial charge in [0, 0.05) is 13.6 Å². The molecule has 4 nitrogen and oxygen atoms in total. The van der Waals surface area contributed by atoms with Crippen LogP contribution >= 0.6 is 24.0 Å². The van der Waals surface area contributed by atoms with Crippen molar-refractivity contribution in [1.29, 1.82) is 0 Å². The van der Waals surface area contributed by atoms with Gasteiger partial charge in [0.2, 0.25) is 0 Å². The molecule has 0 aromatic heterocycles. The molecule has 0 amide bonds. The van der Waals surface area contributed by atoms with Crippen LogP contribution in [0.25, 0.3) is 0 Å². The molecule has 0 aliphatic heterocycles. The van der Waals surface area contributed by atoms with E-state index in [4.69, 9.17) is 4.74 Å². The molecule has 20 heavy (non-hydrogen) atoms. The molecule has 0 aliphatic rings. The van der Waals surface area contributed by atoms with Gasteiger partial charge in [-0.15, -0.1) is 24.0 Å². The summed E-state index contributed by atoms with van der Waals surface area (Å²) >= 11 is 0. The Balaban J connectivity index is 0.00000361. The zero-order chi connectivity index (χ0) is 14.1. The summed E-state index contributed by atoms with van der Waals surface area (Å²) in [5.41, 5.74) is 2.35. The van der Waals surface area contributed by atoms with Crippen molar-refractivity contribution in [2.75, 3.05) is 26.7 Å². The first-order valence-electron chi connectivity index (χ1n) is 6.82. The van der Waals surface area contributed by atoms with E-state index in [-0.39, 0.29) is 24.0 Å². The zero-order valence-electron chi connectivity index (χ0n) is 12.8. The maximum Gasteiger partial charge on any atom is 0.191 e. The second-order valence-corrected chi connectivity index (χ2v) is 4.50. The normalized spacial score (nSPS) is 10.7. The molecule has 0 spiro atoms. The molecular weight excluding hydrogens is 365 g/mol. The van der Waals surface area contributed by atoms with E-state index in [0.717, 1.165) is 31.2 Å². The Labute approximate surface area is 139 Å². The molecule has 114 valence electrons. The highest BCUT2D eigenvalue weighted by molar-refractivity contribution is 14.0. The van der Waals surface area contributed by atoms with Crippen LogP contribution in [0.4, 0.5) is 0 Å². The minimum Gasteiger partial charge on any atom is -0.491 e. The van der Waals surface area contributed by atoms with Crippen molar-refractivity contribution in [3.05, 3.63) is 29.3 Å². The summed E-state index contributed by atoms with van der Waals surface area (Å²) in [6.45, 7) is 8.55. The molecule has 1 aromatic carbocycles. The lowest BCUT2D eigenvalue weighted by molar-refractivity contribution is 0.317. The van der Waals surface area contributed by atoms with Gasteiger partial charge in [-0.05, 0) is 31.4 Å². The number of hydrogen-bond acceptors (Lipinski definition) is 2. The fraction of sp³-hybridized carbons (Fsp3) is 0.533. The molecular formula is C15H26IN3O. The lowest BCUT2D eigenvalue weighted by Gasteiger charge is -2.14. The van der Waals surface area contributed by atoms with E-state index in [1.54, 1.807) is 7.05 Å². The minimum atomic E-state index is 0. The molecule has 0 heterocycles. The molecule has 0 radical (unpaired) electrons. The molecule has 1 aromatic rings. The number of ether oxygens (including phenoxy) is 1. The fourth-order valence-corrected chi connectivity index (χ4v) is 1.81. The third kappa shape index (κ3) is 6.45.